The lowest BCUT2D eigenvalue weighted by Gasteiger charge is -2.08. The lowest BCUT2D eigenvalue weighted by molar-refractivity contribution is 0.0995. The topological polar surface area (TPSA) is 141 Å². The van der Waals surface area contributed by atoms with Crippen molar-refractivity contribution in [2.24, 2.45) is 12.8 Å². The molecule has 0 aliphatic carbocycles. The summed E-state index contributed by atoms with van der Waals surface area (Å²) in [5.41, 5.74) is 6.15. The average molecular weight is 369 g/mol. The molecule has 0 saturated heterocycles. The Hall–Kier alpha value is -3.69. The zero-order valence-corrected chi connectivity index (χ0v) is 15.1. The van der Waals surface area contributed by atoms with E-state index in [-0.39, 0.29) is 29.0 Å². The van der Waals surface area contributed by atoms with Crippen molar-refractivity contribution in [3.05, 3.63) is 42.2 Å². The second kappa shape index (κ2) is 7.28. The molecule has 3 heterocycles. The molecule has 27 heavy (non-hydrogen) atoms. The molecule has 0 aliphatic rings. The van der Waals surface area contributed by atoms with Crippen LogP contribution in [0.15, 0.2) is 35.2 Å². The third-order valence-corrected chi connectivity index (χ3v) is 3.49. The van der Waals surface area contributed by atoms with Crippen LogP contribution in [0.4, 0.5) is 11.5 Å². The highest BCUT2D eigenvalue weighted by Gasteiger charge is 2.19. The maximum absolute atomic E-state index is 12.4. The molecular weight excluding hydrogens is 350 g/mol. The molecule has 3 aromatic rings. The van der Waals surface area contributed by atoms with E-state index in [0.717, 1.165) is 0 Å². The second-order valence-corrected chi connectivity index (χ2v) is 6.15. The number of rotatable bonds is 6. The number of aryl methyl sites for hydroxylation is 1. The minimum Gasteiger partial charge on any atom is -0.444 e. The quantitative estimate of drug-likeness (QED) is 0.600. The van der Waals surface area contributed by atoms with Crippen LogP contribution in [0, 0.1) is 0 Å². The normalized spacial score (nSPS) is 10.8. The van der Waals surface area contributed by atoms with Gasteiger partial charge in [0.15, 0.2) is 11.4 Å². The van der Waals surface area contributed by atoms with Crippen molar-refractivity contribution in [3.63, 3.8) is 0 Å². The Morgan fingerprint density at radius 2 is 2.11 bits per heavy atom. The van der Waals surface area contributed by atoms with E-state index >= 15 is 0 Å². The molecule has 10 nitrogen and oxygen atoms in total. The van der Waals surface area contributed by atoms with Gasteiger partial charge in [-0.1, -0.05) is 0 Å². The fraction of sp³-hybridized carbons (Fsp3) is 0.235. The maximum atomic E-state index is 12.4. The molecule has 3 aromatic heterocycles. The number of hydrogen-bond acceptors (Lipinski definition) is 7. The van der Waals surface area contributed by atoms with Gasteiger partial charge in [-0.15, -0.1) is 0 Å². The summed E-state index contributed by atoms with van der Waals surface area (Å²) >= 11 is 0. The second-order valence-electron chi connectivity index (χ2n) is 6.15. The van der Waals surface area contributed by atoms with Gasteiger partial charge in [-0.05, 0) is 26.0 Å². The van der Waals surface area contributed by atoms with Crippen LogP contribution in [0.3, 0.4) is 0 Å². The summed E-state index contributed by atoms with van der Waals surface area (Å²) in [7, 11) is 1.61. The fourth-order valence-corrected chi connectivity index (χ4v) is 2.40. The summed E-state index contributed by atoms with van der Waals surface area (Å²) in [6.07, 6.45) is 4.34. The van der Waals surface area contributed by atoms with Crippen LogP contribution in [0.25, 0.3) is 11.5 Å². The Bertz CT molecular complexity index is 990. The minimum atomic E-state index is -0.742. The third kappa shape index (κ3) is 4.11. The van der Waals surface area contributed by atoms with E-state index in [1.165, 1.54) is 17.1 Å². The summed E-state index contributed by atoms with van der Waals surface area (Å²) < 4.78 is 6.79. The van der Waals surface area contributed by atoms with Gasteiger partial charge in [-0.25, -0.2) is 9.97 Å². The van der Waals surface area contributed by atoms with E-state index in [1.807, 2.05) is 13.8 Å². The largest absolute Gasteiger partial charge is 0.444 e. The third-order valence-electron chi connectivity index (χ3n) is 3.49. The van der Waals surface area contributed by atoms with Gasteiger partial charge < -0.3 is 20.8 Å². The Labute approximate surface area is 154 Å². The van der Waals surface area contributed by atoms with Crippen molar-refractivity contribution in [1.29, 1.82) is 0 Å². The van der Waals surface area contributed by atoms with Crippen LogP contribution in [0.1, 0.15) is 34.8 Å². The molecule has 10 heteroatoms. The Morgan fingerprint density at radius 1 is 1.33 bits per heavy atom. The first kappa shape index (κ1) is 18.1. The van der Waals surface area contributed by atoms with Crippen molar-refractivity contribution in [1.82, 2.24) is 19.7 Å². The molecule has 0 fully saturated rings. The van der Waals surface area contributed by atoms with Crippen molar-refractivity contribution < 1.29 is 14.0 Å². The SMILES string of the molecule is CC(C)Nc1cc(-c2nc(C(=O)Nc3cn(C)nc3C(N)=O)co2)ccn1. The first-order chi connectivity index (χ1) is 12.8. The predicted molar refractivity (Wildman–Crippen MR) is 98.2 cm³/mol. The number of pyridine rings is 1. The molecule has 140 valence electrons. The molecule has 2 amide bonds. The summed E-state index contributed by atoms with van der Waals surface area (Å²) in [6.45, 7) is 4.00. The first-order valence-corrected chi connectivity index (χ1v) is 8.16. The summed E-state index contributed by atoms with van der Waals surface area (Å²) in [5, 5.41) is 9.66. The Kier molecular flexibility index (Phi) is 4.88. The number of nitrogens with two attached hydrogens (primary N) is 1. The summed E-state index contributed by atoms with van der Waals surface area (Å²) in [5.74, 6) is -0.340. The van der Waals surface area contributed by atoms with E-state index in [1.54, 1.807) is 25.4 Å². The number of nitrogens with zero attached hydrogens (tertiary/aromatic N) is 4. The van der Waals surface area contributed by atoms with Gasteiger partial charge in [0, 0.05) is 31.0 Å². The van der Waals surface area contributed by atoms with Crippen LogP contribution in [0.5, 0.6) is 0 Å². The van der Waals surface area contributed by atoms with Crippen molar-refractivity contribution >= 4 is 23.3 Å². The van der Waals surface area contributed by atoms with Crippen LogP contribution in [-0.4, -0.2) is 37.6 Å². The molecule has 3 rings (SSSR count). The van der Waals surface area contributed by atoms with Gasteiger partial charge in [0.1, 0.15) is 12.1 Å². The van der Waals surface area contributed by atoms with E-state index < -0.39 is 11.8 Å². The van der Waals surface area contributed by atoms with Crippen molar-refractivity contribution in [2.45, 2.75) is 19.9 Å². The lowest BCUT2D eigenvalue weighted by atomic mass is 10.2. The minimum absolute atomic E-state index is 0.0342. The van der Waals surface area contributed by atoms with E-state index in [9.17, 15) is 9.59 Å². The molecule has 0 radical (unpaired) electrons. The highest BCUT2D eigenvalue weighted by Crippen LogP contribution is 2.22. The van der Waals surface area contributed by atoms with E-state index in [4.69, 9.17) is 10.2 Å². The molecule has 0 bridgehead atoms. The number of carbonyl (C=O) groups is 2. The predicted octanol–water partition coefficient (Wildman–Crippen LogP) is 1.64. The molecule has 0 spiro atoms. The van der Waals surface area contributed by atoms with Gasteiger partial charge in [0.25, 0.3) is 11.8 Å². The monoisotopic (exact) mass is 369 g/mol. The molecule has 0 saturated carbocycles. The van der Waals surface area contributed by atoms with Gasteiger partial charge in [-0.3, -0.25) is 14.3 Å². The number of aromatic nitrogens is 4. The highest BCUT2D eigenvalue weighted by atomic mass is 16.3. The summed E-state index contributed by atoms with van der Waals surface area (Å²) in [6, 6.07) is 3.73. The number of hydrogen-bond donors (Lipinski definition) is 3. The fourth-order valence-electron chi connectivity index (χ4n) is 2.40. The van der Waals surface area contributed by atoms with Gasteiger partial charge in [0.2, 0.25) is 5.89 Å². The smallest absolute Gasteiger partial charge is 0.277 e. The van der Waals surface area contributed by atoms with Crippen LogP contribution in [-0.2, 0) is 7.05 Å². The van der Waals surface area contributed by atoms with Crippen LogP contribution >= 0.6 is 0 Å². The number of amides is 2. The number of anilines is 2. The Balaban J connectivity index is 1.80. The van der Waals surface area contributed by atoms with Gasteiger partial charge in [0.05, 0.1) is 5.69 Å². The van der Waals surface area contributed by atoms with Crippen LogP contribution < -0.4 is 16.4 Å². The van der Waals surface area contributed by atoms with Gasteiger partial charge in [-0.2, -0.15) is 5.10 Å². The van der Waals surface area contributed by atoms with Crippen molar-refractivity contribution in [3.8, 4) is 11.5 Å². The molecule has 0 atom stereocenters. The maximum Gasteiger partial charge on any atom is 0.277 e. The van der Waals surface area contributed by atoms with E-state index in [2.05, 4.69) is 25.7 Å². The van der Waals surface area contributed by atoms with Crippen LogP contribution in [0.2, 0.25) is 0 Å². The first-order valence-electron chi connectivity index (χ1n) is 8.16. The lowest BCUT2D eigenvalue weighted by Crippen LogP contribution is -2.18. The molecule has 0 aliphatic heterocycles. The summed E-state index contributed by atoms with van der Waals surface area (Å²) in [4.78, 5) is 32.2. The molecule has 0 unspecified atom stereocenters. The molecular formula is C17H19N7O3. The highest BCUT2D eigenvalue weighted by molar-refractivity contribution is 6.07. The molecule has 4 N–H and O–H groups in total. The molecule has 0 aromatic carbocycles. The Morgan fingerprint density at radius 3 is 2.81 bits per heavy atom. The number of oxazole rings is 1. The number of carbonyl (C=O) groups excluding carboxylic acids is 2. The number of nitrogens with one attached hydrogen (secondary N) is 2. The van der Waals surface area contributed by atoms with Gasteiger partial charge >= 0.3 is 0 Å². The number of primary amides is 1. The standard InChI is InChI=1S/C17H19N7O3/c1-9(2)20-13-6-10(4-5-19-13)17-22-12(8-27-17)16(26)21-11-7-24(3)23-14(11)15(18)25/h4-9H,1-3H3,(H2,18,25)(H,19,20)(H,21,26). The zero-order valence-electron chi connectivity index (χ0n) is 15.1. The van der Waals surface area contributed by atoms with E-state index in [0.29, 0.717) is 11.4 Å². The zero-order chi connectivity index (χ0) is 19.6. The average Bonchev–Trinajstić information content (AvgIpc) is 3.21. The van der Waals surface area contributed by atoms with Crippen molar-refractivity contribution in [2.75, 3.05) is 10.6 Å².